The van der Waals surface area contributed by atoms with E-state index in [9.17, 15) is 0 Å². The maximum Gasteiger partial charge on any atom is 0.233 e. The van der Waals surface area contributed by atoms with Crippen molar-refractivity contribution in [1.29, 1.82) is 0 Å². The average Bonchev–Trinajstić information content (AvgIpc) is 2.85. The van der Waals surface area contributed by atoms with Crippen LogP contribution in [0.2, 0.25) is 0 Å². The molecule has 9 nitrogen and oxygen atoms in total. The monoisotopic (exact) mass is 475 g/mol. The molecule has 1 aromatic heterocycles. The number of hydrogen-bond acceptors (Lipinski definition) is 10. The molecule has 1 heterocycles. The first-order chi connectivity index (χ1) is 16.7. The molecule has 4 rings (SSSR count). The third-order valence-corrected chi connectivity index (χ3v) is 4.65. The number of nitrogens with zero attached hydrogens (tertiary/aromatic N) is 3. The molecule has 0 amide bonds. The van der Waals surface area contributed by atoms with Crippen LogP contribution in [-0.2, 0) is 0 Å². The number of aromatic nitrogens is 3. The molecule has 4 N–H and O–H groups in total. The molecule has 34 heavy (non-hydrogen) atoms. The zero-order valence-electron chi connectivity index (χ0n) is 18.5. The Labute approximate surface area is 203 Å². The molecule has 0 unspecified atom stereocenters. The van der Waals surface area contributed by atoms with Gasteiger partial charge >= 0.3 is 0 Å². The van der Waals surface area contributed by atoms with Crippen molar-refractivity contribution in [3.8, 4) is 11.5 Å². The second kappa shape index (κ2) is 11.7. The van der Waals surface area contributed by atoms with Crippen LogP contribution >= 0.6 is 12.6 Å². The third kappa shape index (κ3) is 6.74. The second-order valence-corrected chi connectivity index (χ2v) is 7.42. The van der Waals surface area contributed by atoms with Gasteiger partial charge in [0.05, 0.1) is 6.61 Å². The van der Waals surface area contributed by atoms with Crippen molar-refractivity contribution < 1.29 is 9.57 Å². The van der Waals surface area contributed by atoms with Gasteiger partial charge in [-0.15, -0.1) is 0 Å². The van der Waals surface area contributed by atoms with E-state index in [0.29, 0.717) is 36.0 Å². The van der Waals surface area contributed by atoms with E-state index in [4.69, 9.17) is 9.57 Å². The number of para-hydroxylation sites is 1. The lowest BCUT2D eigenvalue weighted by molar-refractivity contribution is 0.224. The fourth-order valence-corrected chi connectivity index (χ4v) is 3.07. The fraction of sp³-hybridized carbons (Fsp3) is 0.125. The summed E-state index contributed by atoms with van der Waals surface area (Å²) in [6.07, 6.45) is 0. The van der Waals surface area contributed by atoms with Gasteiger partial charge in [0.1, 0.15) is 11.5 Å². The van der Waals surface area contributed by atoms with Crippen LogP contribution in [0.15, 0.2) is 78.9 Å². The largest absolute Gasteiger partial charge is 0.493 e. The van der Waals surface area contributed by atoms with Gasteiger partial charge in [0.25, 0.3) is 0 Å². The van der Waals surface area contributed by atoms with Gasteiger partial charge in [-0.25, -0.2) is 0 Å². The number of benzene rings is 3. The lowest BCUT2D eigenvalue weighted by atomic mass is 10.3. The topological polar surface area (TPSA) is 105 Å². The number of nitrogens with one attached hydrogen (secondary N) is 4. The molecule has 0 fully saturated rings. The lowest BCUT2D eigenvalue weighted by Gasteiger charge is -2.12. The minimum Gasteiger partial charge on any atom is -0.493 e. The van der Waals surface area contributed by atoms with Crippen LogP contribution in [0.3, 0.4) is 0 Å². The van der Waals surface area contributed by atoms with Crippen molar-refractivity contribution in [2.45, 2.75) is 0 Å². The minimum absolute atomic E-state index is 0.381. The van der Waals surface area contributed by atoms with Crippen LogP contribution in [0.1, 0.15) is 0 Å². The fourth-order valence-electron chi connectivity index (χ4n) is 2.97. The van der Waals surface area contributed by atoms with Crippen molar-refractivity contribution in [3.63, 3.8) is 0 Å². The predicted molar refractivity (Wildman–Crippen MR) is 138 cm³/mol. The molecule has 4 aromatic rings. The van der Waals surface area contributed by atoms with Crippen LogP contribution in [0.25, 0.3) is 0 Å². The normalized spacial score (nSPS) is 10.4. The molecule has 0 bridgehead atoms. The molecule has 174 valence electrons. The van der Waals surface area contributed by atoms with Crippen molar-refractivity contribution in [3.05, 3.63) is 78.9 Å². The lowest BCUT2D eigenvalue weighted by Crippen LogP contribution is -2.10. The molecule has 0 aliphatic rings. The number of thiol groups is 1. The summed E-state index contributed by atoms with van der Waals surface area (Å²) in [6, 6.07) is 24.7. The highest BCUT2D eigenvalue weighted by molar-refractivity contribution is 7.80. The molecule has 0 radical (unpaired) electrons. The summed E-state index contributed by atoms with van der Waals surface area (Å²) >= 11 is 4.16. The van der Waals surface area contributed by atoms with E-state index in [-0.39, 0.29) is 0 Å². The first kappa shape index (κ1) is 23.1. The number of hydroxylamine groups is 1. The summed E-state index contributed by atoms with van der Waals surface area (Å²) in [6.45, 7) is 0.551. The third-order valence-electron chi connectivity index (χ3n) is 4.47. The SMILES string of the molecule is CNOc1ccc(Nc2nc(Nc3ccccc3)nc(Nc3ccc(OCCS)cc3)n2)cc1. The van der Waals surface area contributed by atoms with Gasteiger partial charge in [0.15, 0.2) is 0 Å². The number of rotatable bonds is 11. The Hall–Kier alpha value is -4.02. The summed E-state index contributed by atoms with van der Waals surface area (Å²) in [7, 11) is 1.70. The molecule has 0 atom stereocenters. The second-order valence-electron chi connectivity index (χ2n) is 6.97. The van der Waals surface area contributed by atoms with E-state index >= 15 is 0 Å². The van der Waals surface area contributed by atoms with Crippen molar-refractivity contribution >= 4 is 47.5 Å². The Morgan fingerprint density at radius 3 is 1.59 bits per heavy atom. The van der Waals surface area contributed by atoms with Gasteiger partial charge in [0.2, 0.25) is 17.8 Å². The van der Waals surface area contributed by atoms with E-state index < -0.39 is 0 Å². The van der Waals surface area contributed by atoms with Gasteiger partial charge < -0.3 is 25.5 Å². The number of anilines is 6. The van der Waals surface area contributed by atoms with E-state index in [1.807, 2.05) is 78.9 Å². The standard InChI is InChI=1S/C24H25N7O2S/c1-25-33-21-13-9-19(10-14-21)28-24-30-22(26-17-5-3-2-4-6-17)29-23(31-24)27-18-7-11-20(12-8-18)32-15-16-34/h2-14,25,34H,15-16H2,1H3,(H3,26,27,28,29,30,31). The van der Waals surface area contributed by atoms with Crippen LogP contribution in [-0.4, -0.2) is 34.4 Å². The van der Waals surface area contributed by atoms with Crippen molar-refractivity contribution in [2.75, 3.05) is 35.4 Å². The highest BCUT2D eigenvalue weighted by atomic mass is 32.1. The molecule has 10 heteroatoms. The smallest absolute Gasteiger partial charge is 0.233 e. The molecule has 0 aliphatic heterocycles. The molecular formula is C24H25N7O2S. The molecular weight excluding hydrogens is 450 g/mol. The van der Waals surface area contributed by atoms with Crippen molar-refractivity contribution in [1.82, 2.24) is 20.4 Å². The molecule has 3 aromatic carbocycles. The Balaban J connectivity index is 1.56. The van der Waals surface area contributed by atoms with E-state index in [1.165, 1.54) is 0 Å². The summed E-state index contributed by atoms with van der Waals surface area (Å²) in [5.74, 6) is 3.29. The highest BCUT2D eigenvalue weighted by Crippen LogP contribution is 2.23. The minimum atomic E-state index is 0.381. The van der Waals surface area contributed by atoms with Crippen molar-refractivity contribution in [2.24, 2.45) is 0 Å². The van der Waals surface area contributed by atoms with Gasteiger partial charge in [0, 0.05) is 29.9 Å². The van der Waals surface area contributed by atoms with Gasteiger partial charge in [-0.3, -0.25) is 0 Å². The van der Waals surface area contributed by atoms with Crippen LogP contribution in [0.5, 0.6) is 11.5 Å². The summed E-state index contributed by atoms with van der Waals surface area (Å²) in [4.78, 5) is 18.8. The Morgan fingerprint density at radius 2 is 1.12 bits per heavy atom. The quantitative estimate of drug-likeness (QED) is 0.153. The summed E-state index contributed by atoms with van der Waals surface area (Å²) in [5, 5.41) is 9.65. The molecule has 0 aliphatic carbocycles. The van der Waals surface area contributed by atoms with Gasteiger partial charge in [-0.1, -0.05) is 18.2 Å². The Bertz CT molecular complexity index is 1180. The van der Waals surface area contributed by atoms with Crippen LogP contribution in [0, 0.1) is 0 Å². The molecule has 0 saturated carbocycles. The summed E-state index contributed by atoms with van der Waals surface area (Å²) < 4.78 is 5.58. The average molecular weight is 476 g/mol. The first-order valence-electron chi connectivity index (χ1n) is 10.6. The Morgan fingerprint density at radius 1 is 0.647 bits per heavy atom. The predicted octanol–water partition coefficient (Wildman–Crippen LogP) is 4.92. The molecule has 0 spiro atoms. The zero-order chi connectivity index (χ0) is 23.6. The Kier molecular flexibility index (Phi) is 7.99. The number of hydrogen-bond donors (Lipinski definition) is 5. The number of ether oxygens (including phenoxy) is 1. The molecule has 0 saturated heterocycles. The van der Waals surface area contributed by atoms with E-state index in [1.54, 1.807) is 7.05 Å². The zero-order valence-corrected chi connectivity index (χ0v) is 19.4. The maximum atomic E-state index is 5.58. The van der Waals surface area contributed by atoms with Gasteiger partial charge in [-0.05, 0) is 60.7 Å². The van der Waals surface area contributed by atoms with Gasteiger partial charge in [-0.2, -0.15) is 33.1 Å². The first-order valence-corrected chi connectivity index (χ1v) is 11.2. The highest BCUT2D eigenvalue weighted by Gasteiger charge is 2.09. The van der Waals surface area contributed by atoms with Crippen LogP contribution in [0.4, 0.5) is 34.9 Å². The van der Waals surface area contributed by atoms with Crippen LogP contribution < -0.4 is 31.0 Å². The van der Waals surface area contributed by atoms with E-state index in [0.717, 1.165) is 22.8 Å². The van der Waals surface area contributed by atoms with E-state index in [2.05, 4.69) is 49.0 Å². The maximum absolute atomic E-state index is 5.58. The summed E-state index contributed by atoms with van der Waals surface area (Å²) in [5.41, 5.74) is 5.13.